The molecule has 17 heavy (non-hydrogen) atoms. The summed E-state index contributed by atoms with van der Waals surface area (Å²) in [4.78, 5) is 11.2. The van der Waals surface area contributed by atoms with Gasteiger partial charge in [0.15, 0.2) is 0 Å². The van der Waals surface area contributed by atoms with Crippen LogP contribution in [0, 0.1) is 0 Å². The maximum absolute atomic E-state index is 11.2. The topological polar surface area (TPSA) is 89.3 Å². The van der Waals surface area contributed by atoms with Gasteiger partial charge in [0.1, 0.15) is 0 Å². The summed E-state index contributed by atoms with van der Waals surface area (Å²) < 4.78 is 0. The van der Waals surface area contributed by atoms with Gasteiger partial charge in [0, 0.05) is 6.04 Å². The van der Waals surface area contributed by atoms with Crippen LogP contribution in [0.25, 0.3) is 0 Å². The third-order valence-electron chi connectivity index (χ3n) is 2.14. The summed E-state index contributed by atoms with van der Waals surface area (Å²) in [7, 11) is 0. The van der Waals surface area contributed by atoms with Crippen molar-refractivity contribution in [2.45, 2.75) is 12.5 Å². The molecule has 0 saturated carbocycles. The minimum Gasteiger partial charge on any atom is -0.395 e. The molecule has 0 aliphatic heterocycles. The Morgan fingerprint density at radius 2 is 2.00 bits per heavy atom. The van der Waals surface area contributed by atoms with Crippen molar-refractivity contribution < 1.29 is 9.90 Å². The molecule has 1 atom stereocenters. The smallest absolute Gasteiger partial charge is 0.250 e. The molecule has 0 spiro atoms. The molecule has 0 heterocycles. The van der Waals surface area contributed by atoms with Crippen LogP contribution < -0.4 is 11.5 Å². The van der Waals surface area contributed by atoms with Gasteiger partial charge in [-0.3, -0.25) is 4.79 Å². The molecule has 0 aliphatic rings. The Labute approximate surface area is 115 Å². The van der Waals surface area contributed by atoms with Gasteiger partial charge in [0.2, 0.25) is 0 Å². The van der Waals surface area contributed by atoms with Gasteiger partial charge in [-0.1, -0.05) is 29.3 Å². The van der Waals surface area contributed by atoms with Gasteiger partial charge in [-0.15, -0.1) is 12.4 Å². The highest BCUT2D eigenvalue weighted by atomic mass is 35.5. The second kappa shape index (κ2) is 7.03. The molecule has 1 rings (SSSR count). The quantitative estimate of drug-likeness (QED) is 0.784. The molecule has 0 radical (unpaired) electrons. The van der Waals surface area contributed by atoms with Crippen molar-refractivity contribution >= 4 is 41.5 Å². The van der Waals surface area contributed by atoms with E-state index in [0.717, 1.165) is 0 Å². The minimum atomic E-state index is -0.660. The number of aliphatic hydroxyl groups is 1. The Hall–Kier alpha value is -0.520. The number of hydrogen-bond donors (Lipinski definition) is 3. The lowest BCUT2D eigenvalue weighted by atomic mass is 10.0. The lowest BCUT2D eigenvalue weighted by Gasteiger charge is -2.13. The number of rotatable bonds is 4. The normalized spacial score (nSPS) is 11.8. The monoisotopic (exact) mass is 298 g/mol. The number of carbonyl (C=O) groups excluding carboxylic acids is 1. The highest BCUT2D eigenvalue weighted by Gasteiger charge is 2.17. The van der Waals surface area contributed by atoms with Crippen LogP contribution in [0.4, 0.5) is 0 Å². The first kappa shape index (κ1) is 16.5. The van der Waals surface area contributed by atoms with E-state index >= 15 is 0 Å². The van der Waals surface area contributed by atoms with Gasteiger partial charge in [-0.2, -0.15) is 0 Å². The van der Waals surface area contributed by atoms with Crippen LogP contribution in [-0.2, 0) is 6.42 Å². The predicted molar refractivity (Wildman–Crippen MR) is 71.0 cm³/mol. The Kier molecular flexibility index (Phi) is 6.82. The van der Waals surface area contributed by atoms with Gasteiger partial charge in [-0.25, -0.2) is 0 Å². The highest BCUT2D eigenvalue weighted by molar-refractivity contribution is 6.44. The predicted octanol–water partition coefficient (Wildman–Crippen LogP) is 1.38. The number of halogens is 3. The van der Waals surface area contributed by atoms with E-state index < -0.39 is 11.9 Å². The summed E-state index contributed by atoms with van der Waals surface area (Å²) in [5.74, 6) is -0.660. The molecule has 4 nitrogen and oxygen atoms in total. The zero-order valence-corrected chi connectivity index (χ0v) is 11.1. The maximum atomic E-state index is 11.2. The van der Waals surface area contributed by atoms with E-state index in [1.54, 1.807) is 12.1 Å². The SMILES string of the molecule is Cl.NC(=O)c1c(C[C@H](N)CO)ccc(Cl)c1Cl. The zero-order valence-electron chi connectivity index (χ0n) is 8.82. The number of benzene rings is 1. The van der Waals surface area contributed by atoms with Crippen LogP contribution in [0.3, 0.4) is 0 Å². The average molecular weight is 300 g/mol. The second-order valence-electron chi connectivity index (χ2n) is 3.41. The molecule has 96 valence electrons. The first-order valence-corrected chi connectivity index (χ1v) is 5.36. The van der Waals surface area contributed by atoms with E-state index in [1.165, 1.54) is 0 Å². The number of nitrogens with two attached hydrogens (primary N) is 2. The highest BCUT2D eigenvalue weighted by Crippen LogP contribution is 2.28. The fourth-order valence-corrected chi connectivity index (χ4v) is 1.81. The summed E-state index contributed by atoms with van der Waals surface area (Å²) in [5, 5.41) is 9.23. The van der Waals surface area contributed by atoms with Crippen molar-refractivity contribution in [3.8, 4) is 0 Å². The third-order valence-corrected chi connectivity index (χ3v) is 2.95. The third kappa shape index (κ3) is 4.01. The van der Waals surface area contributed by atoms with E-state index in [-0.39, 0.29) is 34.6 Å². The van der Waals surface area contributed by atoms with Gasteiger partial charge in [0.05, 0.1) is 22.2 Å². The molecule has 0 aliphatic carbocycles. The molecule has 1 aromatic rings. The summed E-state index contributed by atoms with van der Waals surface area (Å²) >= 11 is 11.7. The maximum Gasteiger partial charge on any atom is 0.250 e. The Bertz CT molecular complexity index is 413. The van der Waals surface area contributed by atoms with Gasteiger partial charge >= 0.3 is 0 Å². The summed E-state index contributed by atoms with van der Waals surface area (Å²) in [6.45, 7) is -0.182. The fourth-order valence-electron chi connectivity index (χ4n) is 1.37. The molecular formula is C10H13Cl3N2O2. The number of amides is 1. The molecule has 0 unspecified atom stereocenters. The molecule has 0 aromatic heterocycles. The Balaban J connectivity index is 0.00000256. The average Bonchev–Trinajstić information content (AvgIpc) is 2.23. The molecule has 0 saturated heterocycles. The molecule has 5 N–H and O–H groups in total. The molecule has 0 bridgehead atoms. The first-order valence-electron chi connectivity index (χ1n) is 4.60. The standard InChI is InChI=1S/C10H12Cl2N2O2.ClH/c11-7-2-1-5(3-6(13)4-15)8(9(7)12)10(14)16;/h1-2,6,15H,3-4,13H2,(H2,14,16);1H/t6-;/m0./s1. The Morgan fingerprint density at radius 3 is 2.47 bits per heavy atom. The number of aliphatic hydroxyl groups excluding tert-OH is 1. The Morgan fingerprint density at radius 1 is 1.41 bits per heavy atom. The summed E-state index contributed by atoms with van der Waals surface area (Å²) in [6.07, 6.45) is 0.311. The van der Waals surface area contributed by atoms with Crippen LogP contribution in [0.1, 0.15) is 15.9 Å². The largest absolute Gasteiger partial charge is 0.395 e. The second-order valence-corrected chi connectivity index (χ2v) is 4.19. The molecule has 1 aromatic carbocycles. The summed E-state index contributed by atoms with van der Waals surface area (Å²) in [6, 6.07) is 2.73. The van der Waals surface area contributed by atoms with Crippen LogP contribution in [0.5, 0.6) is 0 Å². The van der Waals surface area contributed by atoms with Crippen molar-refractivity contribution in [2.24, 2.45) is 11.5 Å². The van der Waals surface area contributed by atoms with Crippen LogP contribution in [-0.4, -0.2) is 23.7 Å². The molecular weight excluding hydrogens is 286 g/mol. The van der Waals surface area contributed by atoms with Gasteiger partial charge in [0.25, 0.3) is 5.91 Å². The number of hydrogen-bond acceptors (Lipinski definition) is 3. The lowest BCUT2D eigenvalue weighted by Crippen LogP contribution is -2.28. The van der Waals surface area contributed by atoms with Crippen molar-refractivity contribution in [2.75, 3.05) is 6.61 Å². The van der Waals surface area contributed by atoms with Crippen molar-refractivity contribution in [1.82, 2.24) is 0 Å². The van der Waals surface area contributed by atoms with Gasteiger partial charge < -0.3 is 16.6 Å². The zero-order chi connectivity index (χ0) is 12.3. The molecule has 0 fully saturated rings. The summed E-state index contributed by atoms with van der Waals surface area (Å²) in [5.41, 5.74) is 11.6. The van der Waals surface area contributed by atoms with Crippen molar-refractivity contribution in [3.63, 3.8) is 0 Å². The van der Waals surface area contributed by atoms with Crippen LogP contribution in [0.15, 0.2) is 12.1 Å². The minimum absolute atomic E-state index is 0. The first-order chi connectivity index (χ1) is 7.47. The van der Waals surface area contributed by atoms with E-state index in [4.69, 9.17) is 39.8 Å². The lowest BCUT2D eigenvalue weighted by molar-refractivity contribution is 0.0999. The fraction of sp³-hybridized carbons (Fsp3) is 0.300. The van der Waals surface area contributed by atoms with Crippen molar-refractivity contribution in [3.05, 3.63) is 33.3 Å². The number of carbonyl (C=O) groups is 1. The van der Waals surface area contributed by atoms with Crippen LogP contribution >= 0.6 is 35.6 Å². The van der Waals surface area contributed by atoms with Gasteiger partial charge in [-0.05, 0) is 18.1 Å². The van der Waals surface area contributed by atoms with E-state index in [1.807, 2.05) is 0 Å². The molecule has 7 heteroatoms. The van der Waals surface area contributed by atoms with Crippen LogP contribution in [0.2, 0.25) is 10.0 Å². The molecule has 1 amide bonds. The van der Waals surface area contributed by atoms with E-state index in [9.17, 15) is 4.79 Å². The number of primary amides is 1. The van der Waals surface area contributed by atoms with E-state index in [2.05, 4.69) is 0 Å². The van der Waals surface area contributed by atoms with E-state index in [0.29, 0.717) is 12.0 Å². The van der Waals surface area contributed by atoms with Crippen molar-refractivity contribution in [1.29, 1.82) is 0 Å².